The molecule has 1 fully saturated rings. The maximum absolute atomic E-state index is 11.5. The van der Waals surface area contributed by atoms with Gasteiger partial charge in [0, 0.05) is 13.0 Å². The summed E-state index contributed by atoms with van der Waals surface area (Å²) in [7, 11) is 0. The lowest BCUT2D eigenvalue weighted by atomic mass is 9.97. The van der Waals surface area contributed by atoms with Gasteiger partial charge in [0.1, 0.15) is 5.54 Å². The molecule has 1 saturated carbocycles. The first-order valence-corrected chi connectivity index (χ1v) is 8.18. The molecule has 4 nitrogen and oxygen atoms in total. The number of nitrogens with one attached hydrogen (secondary N) is 1. The molecule has 118 valence electrons. The molecule has 1 aliphatic rings. The van der Waals surface area contributed by atoms with Gasteiger partial charge in [-0.25, -0.2) is 0 Å². The first kappa shape index (κ1) is 17.4. The number of likely N-dealkylation sites (N-methyl/N-ethyl adjacent to an activating group) is 1. The fourth-order valence-corrected chi connectivity index (χ4v) is 3.08. The molecule has 0 bridgehead atoms. The number of unbranched alkanes of at least 4 members (excludes halogenated alkanes) is 1. The summed E-state index contributed by atoms with van der Waals surface area (Å²) >= 11 is 0. The molecular formula is C16H31NO3. The lowest BCUT2D eigenvalue weighted by Gasteiger charge is -2.25. The average molecular weight is 285 g/mol. The number of rotatable bonds is 10. The van der Waals surface area contributed by atoms with Gasteiger partial charge in [-0.3, -0.25) is 4.79 Å². The van der Waals surface area contributed by atoms with Crippen LogP contribution in [0.1, 0.15) is 65.7 Å². The van der Waals surface area contributed by atoms with E-state index in [0.717, 1.165) is 19.4 Å². The van der Waals surface area contributed by atoms with Crippen molar-refractivity contribution in [2.75, 3.05) is 13.2 Å². The fourth-order valence-electron chi connectivity index (χ4n) is 3.08. The second kappa shape index (κ2) is 8.63. The molecule has 0 aromatic rings. The summed E-state index contributed by atoms with van der Waals surface area (Å²) < 4.78 is 6.00. The minimum atomic E-state index is -0.759. The third kappa shape index (κ3) is 4.74. The van der Waals surface area contributed by atoms with Gasteiger partial charge in [-0.1, -0.05) is 40.0 Å². The van der Waals surface area contributed by atoms with Crippen LogP contribution in [0.4, 0.5) is 0 Å². The molecule has 20 heavy (non-hydrogen) atoms. The Morgan fingerprint density at radius 1 is 1.45 bits per heavy atom. The van der Waals surface area contributed by atoms with Gasteiger partial charge in [0.05, 0.1) is 6.10 Å². The van der Waals surface area contributed by atoms with Crippen molar-refractivity contribution in [3.63, 3.8) is 0 Å². The van der Waals surface area contributed by atoms with Crippen molar-refractivity contribution in [2.45, 2.75) is 77.4 Å². The average Bonchev–Trinajstić information content (AvgIpc) is 2.84. The SMILES string of the molecule is CCCCC(CC)COC1CCC(NCC)(C(=O)O)C1. The number of ether oxygens (including phenoxy) is 1. The summed E-state index contributed by atoms with van der Waals surface area (Å²) in [6.07, 6.45) is 7.06. The highest BCUT2D eigenvalue weighted by Crippen LogP contribution is 2.33. The maximum Gasteiger partial charge on any atom is 0.323 e. The van der Waals surface area contributed by atoms with Crippen LogP contribution in [0.2, 0.25) is 0 Å². The van der Waals surface area contributed by atoms with Gasteiger partial charge in [0.2, 0.25) is 0 Å². The molecule has 0 aromatic heterocycles. The van der Waals surface area contributed by atoms with Gasteiger partial charge >= 0.3 is 5.97 Å². The standard InChI is InChI=1S/C16H31NO3/c1-4-7-8-13(5-2)12-20-14-9-10-16(11-14,15(18)19)17-6-3/h13-14,17H,4-12H2,1-3H3,(H,18,19). The van der Waals surface area contributed by atoms with Crippen LogP contribution in [-0.2, 0) is 9.53 Å². The highest BCUT2D eigenvalue weighted by atomic mass is 16.5. The topological polar surface area (TPSA) is 58.6 Å². The fraction of sp³-hybridized carbons (Fsp3) is 0.938. The molecule has 0 spiro atoms. The molecule has 3 unspecified atom stereocenters. The van der Waals surface area contributed by atoms with Crippen LogP contribution < -0.4 is 5.32 Å². The molecule has 0 aromatic carbocycles. The van der Waals surface area contributed by atoms with E-state index in [0.29, 0.717) is 25.3 Å². The quantitative estimate of drug-likeness (QED) is 0.647. The van der Waals surface area contributed by atoms with Crippen LogP contribution >= 0.6 is 0 Å². The number of hydrogen-bond acceptors (Lipinski definition) is 3. The van der Waals surface area contributed by atoms with Crippen molar-refractivity contribution in [2.24, 2.45) is 5.92 Å². The Kier molecular flexibility index (Phi) is 7.52. The van der Waals surface area contributed by atoms with E-state index in [-0.39, 0.29) is 6.10 Å². The molecule has 3 atom stereocenters. The number of carbonyl (C=O) groups is 1. The van der Waals surface area contributed by atoms with E-state index in [1.165, 1.54) is 19.3 Å². The largest absolute Gasteiger partial charge is 0.480 e. The van der Waals surface area contributed by atoms with Gasteiger partial charge in [-0.15, -0.1) is 0 Å². The molecule has 1 aliphatic carbocycles. The Hall–Kier alpha value is -0.610. The summed E-state index contributed by atoms with van der Waals surface area (Å²) in [5.41, 5.74) is -0.759. The van der Waals surface area contributed by atoms with Crippen molar-refractivity contribution in [1.29, 1.82) is 0 Å². The zero-order valence-corrected chi connectivity index (χ0v) is 13.3. The highest BCUT2D eigenvalue weighted by molar-refractivity contribution is 5.79. The van der Waals surface area contributed by atoms with E-state index < -0.39 is 11.5 Å². The zero-order valence-electron chi connectivity index (χ0n) is 13.3. The summed E-state index contributed by atoms with van der Waals surface area (Å²) in [5.74, 6) is -0.114. The number of carboxylic acids is 1. The molecule has 0 aliphatic heterocycles. The molecule has 0 radical (unpaired) electrons. The lowest BCUT2D eigenvalue weighted by Crippen LogP contribution is -2.50. The number of hydrogen-bond donors (Lipinski definition) is 2. The number of carboxylic acid groups (broad SMARTS) is 1. The number of aliphatic carboxylic acids is 1. The summed E-state index contributed by atoms with van der Waals surface area (Å²) in [6, 6.07) is 0. The highest BCUT2D eigenvalue weighted by Gasteiger charge is 2.45. The normalized spacial score (nSPS) is 27.6. The van der Waals surface area contributed by atoms with Gasteiger partial charge in [0.25, 0.3) is 0 Å². The van der Waals surface area contributed by atoms with Crippen molar-refractivity contribution in [1.82, 2.24) is 5.32 Å². The predicted molar refractivity (Wildman–Crippen MR) is 80.9 cm³/mol. The van der Waals surface area contributed by atoms with Crippen molar-refractivity contribution < 1.29 is 14.6 Å². The summed E-state index contributed by atoms with van der Waals surface area (Å²) in [6.45, 7) is 7.84. The zero-order chi connectivity index (χ0) is 15.0. The van der Waals surface area contributed by atoms with E-state index in [4.69, 9.17) is 4.74 Å². The van der Waals surface area contributed by atoms with Crippen LogP contribution in [-0.4, -0.2) is 35.9 Å². The van der Waals surface area contributed by atoms with Crippen LogP contribution in [0.3, 0.4) is 0 Å². The monoisotopic (exact) mass is 285 g/mol. The summed E-state index contributed by atoms with van der Waals surface area (Å²) in [5, 5.41) is 12.6. The third-order valence-electron chi connectivity index (χ3n) is 4.50. The van der Waals surface area contributed by atoms with Crippen molar-refractivity contribution in [3.8, 4) is 0 Å². The first-order valence-electron chi connectivity index (χ1n) is 8.18. The van der Waals surface area contributed by atoms with E-state index in [1.807, 2.05) is 6.92 Å². The van der Waals surface area contributed by atoms with Crippen molar-refractivity contribution >= 4 is 5.97 Å². The molecule has 0 saturated heterocycles. The smallest absolute Gasteiger partial charge is 0.323 e. The Morgan fingerprint density at radius 2 is 2.20 bits per heavy atom. The molecule has 4 heteroatoms. The lowest BCUT2D eigenvalue weighted by molar-refractivity contribution is -0.145. The van der Waals surface area contributed by atoms with Gasteiger partial charge < -0.3 is 15.2 Å². The second-order valence-corrected chi connectivity index (χ2v) is 6.03. The third-order valence-corrected chi connectivity index (χ3v) is 4.50. The Bertz CT molecular complexity index is 295. The van der Waals surface area contributed by atoms with E-state index >= 15 is 0 Å². The molecular weight excluding hydrogens is 254 g/mol. The van der Waals surface area contributed by atoms with Crippen LogP contribution in [0.25, 0.3) is 0 Å². The minimum absolute atomic E-state index is 0.0980. The Labute approximate surface area is 123 Å². The van der Waals surface area contributed by atoms with E-state index in [2.05, 4.69) is 19.2 Å². The maximum atomic E-state index is 11.5. The van der Waals surface area contributed by atoms with Crippen LogP contribution in [0, 0.1) is 5.92 Å². The van der Waals surface area contributed by atoms with E-state index in [1.54, 1.807) is 0 Å². The van der Waals surface area contributed by atoms with E-state index in [9.17, 15) is 9.90 Å². The second-order valence-electron chi connectivity index (χ2n) is 6.03. The molecule has 0 heterocycles. The Balaban J connectivity index is 2.41. The predicted octanol–water partition coefficient (Wildman–Crippen LogP) is 3.20. The van der Waals surface area contributed by atoms with Gasteiger partial charge in [-0.05, 0) is 31.7 Å². The molecule has 1 rings (SSSR count). The molecule has 0 amide bonds. The van der Waals surface area contributed by atoms with Crippen molar-refractivity contribution in [3.05, 3.63) is 0 Å². The van der Waals surface area contributed by atoms with Gasteiger partial charge in [-0.2, -0.15) is 0 Å². The van der Waals surface area contributed by atoms with Gasteiger partial charge in [0.15, 0.2) is 0 Å². The minimum Gasteiger partial charge on any atom is -0.480 e. The van der Waals surface area contributed by atoms with Crippen LogP contribution in [0.5, 0.6) is 0 Å². The molecule has 2 N–H and O–H groups in total. The Morgan fingerprint density at radius 3 is 2.75 bits per heavy atom. The van der Waals surface area contributed by atoms with Crippen LogP contribution in [0.15, 0.2) is 0 Å². The summed E-state index contributed by atoms with van der Waals surface area (Å²) in [4.78, 5) is 11.5. The first-order chi connectivity index (χ1) is 9.57.